The van der Waals surface area contributed by atoms with Gasteiger partial charge in [-0.1, -0.05) is 19.1 Å². The number of aliphatic hydroxyl groups is 2. The summed E-state index contributed by atoms with van der Waals surface area (Å²) in [5.41, 5.74) is 1.96. The van der Waals surface area contributed by atoms with Crippen LogP contribution in [-0.4, -0.2) is 107 Å². The normalized spacial score (nSPS) is 24.5. The molecule has 5 rings (SSSR count). The van der Waals surface area contributed by atoms with Gasteiger partial charge in [0.1, 0.15) is 12.2 Å². The lowest BCUT2D eigenvalue weighted by atomic mass is 10.1. The minimum atomic E-state index is -3.76. The number of likely N-dealkylation sites (N-methyl/N-ethyl adjacent to an activating group) is 1. The van der Waals surface area contributed by atoms with Gasteiger partial charge in [-0.25, -0.2) is 18.5 Å². The highest BCUT2D eigenvalue weighted by atomic mass is 32.2. The molecule has 0 spiro atoms. The van der Waals surface area contributed by atoms with Crippen molar-refractivity contribution in [3.8, 4) is 0 Å². The first kappa shape index (κ1) is 30.1. The zero-order chi connectivity index (χ0) is 30.2. The molecule has 1 aromatic carbocycles. The molecule has 0 radical (unpaired) electrons. The lowest BCUT2D eigenvalue weighted by molar-refractivity contribution is -0.122. The number of sulfonamides is 1. The maximum atomic E-state index is 12.0. The van der Waals surface area contributed by atoms with Crippen LogP contribution in [0.4, 0.5) is 11.8 Å². The second-order valence-corrected chi connectivity index (χ2v) is 12.8. The minimum absolute atomic E-state index is 0.0595. The van der Waals surface area contributed by atoms with Crippen LogP contribution >= 0.6 is 0 Å². The van der Waals surface area contributed by atoms with E-state index in [4.69, 9.17) is 15.1 Å². The molecule has 1 aliphatic carbocycles. The Morgan fingerprint density at radius 1 is 1.17 bits per heavy atom. The number of aliphatic hydroxyl groups excluding tert-OH is 2. The largest absolute Gasteiger partial charge is 0.388 e. The van der Waals surface area contributed by atoms with Crippen LogP contribution in [0.5, 0.6) is 0 Å². The number of amides is 1. The lowest BCUT2D eigenvalue weighted by Gasteiger charge is -2.22. The fourth-order valence-corrected chi connectivity index (χ4v) is 6.18. The van der Waals surface area contributed by atoms with Gasteiger partial charge in [-0.2, -0.15) is 9.97 Å². The van der Waals surface area contributed by atoms with Crippen LogP contribution in [-0.2, 0) is 21.2 Å². The van der Waals surface area contributed by atoms with Crippen molar-refractivity contribution in [2.45, 2.75) is 67.8 Å². The Balaban J connectivity index is 1.43. The highest BCUT2D eigenvalue weighted by molar-refractivity contribution is 7.89. The molecule has 0 bridgehead atoms. The van der Waals surface area contributed by atoms with Crippen LogP contribution in [0.3, 0.4) is 0 Å². The summed E-state index contributed by atoms with van der Waals surface area (Å²) in [7, 11) is 0.346. The van der Waals surface area contributed by atoms with Crippen molar-refractivity contribution in [1.29, 1.82) is 0 Å². The van der Waals surface area contributed by atoms with Crippen molar-refractivity contribution >= 4 is 38.9 Å². The third-order valence-electron chi connectivity index (χ3n) is 8.22. The van der Waals surface area contributed by atoms with Gasteiger partial charge in [-0.3, -0.25) is 4.79 Å². The Morgan fingerprint density at radius 2 is 1.90 bits per heavy atom. The number of benzene rings is 1. The minimum Gasteiger partial charge on any atom is -0.388 e. The van der Waals surface area contributed by atoms with E-state index in [0.717, 1.165) is 25.1 Å². The summed E-state index contributed by atoms with van der Waals surface area (Å²) in [6, 6.07) is 5.65. The maximum absolute atomic E-state index is 12.0. The molecule has 1 amide bonds. The molecule has 2 aliphatic rings. The molecule has 3 heterocycles. The van der Waals surface area contributed by atoms with Crippen LogP contribution < -0.4 is 20.7 Å². The number of nitrogens with zero attached hydrogens (tertiary/aromatic N) is 6. The van der Waals surface area contributed by atoms with Gasteiger partial charge in [0.05, 0.1) is 23.3 Å². The van der Waals surface area contributed by atoms with Crippen LogP contribution in [0, 0.1) is 0 Å². The fourth-order valence-electron chi connectivity index (χ4n) is 5.66. The molecule has 6 N–H and O–H groups in total. The Kier molecular flexibility index (Phi) is 8.66. The molecule has 1 saturated heterocycles. The summed E-state index contributed by atoms with van der Waals surface area (Å²) >= 11 is 0. The maximum Gasteiger partial charge on any atom is 0.238 e. The number of imidazole rings is 1. The molecule has 1 saturated carbocycles. The molecule has 228 valence electrons. The molecule has 2 fully saturated rings. The van der Waals surface area contributed by atoms with Gasteiger partial charge in [-0.05, 0) is 51.1 Å². The number of hydrogen-bond acceptors (Lipinski definition) is 11. The number of rotatable bonds is 10. The molecule has 3 aromatic rings. The first-order chi connectivity index (χ1) is 20.0. The smallest absolute Gasteiger partial charge is 0.238 e. The van der Waals surface area contributed by atoms with Gasteiger partial charge in [0.15, 0.2) is 17.0 Å². The number of anilines is 2. The standard InChI is InChI=1S/C27H39N9O5S/c1-4-21(37)31-19-13-20(24(39)23(19)38)36-15-30-22-25(29-11-9-16-5-7-18(8-6-16)42(28,40)41)32-27(33-26(22)36)35-12-10-17(14-35)34(2)3/h5-8,15,17,19-20,23-24,38-39H,4,9-14H2,1-3H3,(H,31,37)(H2,28,40,41)(H,29,32,33)/t17-,19+,20-,23-,24+/m1/s1. The average molecular weight is 602 g/mol. The number of nitrogens with one attached hydrogen (secondary N) is 2. The van der Waals surface area contributed by atoms with Crippen LogP contribution in [0.25, 0.3) is 11.2 Å². The first-order valence-corrected chi connectivity index (χ1v) is 15.7. The molecule has 0 unspecified atom stereocenters. The fraction of sp³-hybridized carbons (Fsp3) is 0.556. The van der Waals surface area contributed by atoms with Gasteiger partial charge < -0.3 is 35.2 Å². The molecule has 5 atom stereocenters. The molecule has 2 aromatic heterocycles. The lowest BCUT2D eigenvalue weighted by Crippen LogP contribution is -2.42. The van der Waals surface area contributed by atoms with Gasteiger partial charge in [0.2, 0.25) is 21.9 Å². The number of hydrogen-bond donors (Lipinski definition) is 5. The van der Waals surface area contributed by atoms with E-state index in [-0.39, 0.29) is 17.2 Å². The summed E-state index contributed by atoms with van der Waals surface area (Å²) in [6.07, 6.45) is 1.51. The molecule has 15 heteroatoms. The summed E-state index contributed by atoms with van der Waals surface area (Å²) in [6.45, 7) is 3.77. The number of aromatic nitrogens is 4. The van der Waals surface area contributed by atoms with Crippen molar-refractivity contribution < 1.29 is 23.4 Å². The Morgan fingerprint density at radius 3 is 2.55 bits per heavy atom. The summed E-state index contributed by atoms with van der Waals surface area (Å²) in [5.74, 6) is 0.881. The van der Waals surface area contributed by atoms with Crippen molar-refractivity contribution in [3.63, 3.8) is 0 Å². The molecule has 14 nitrogen and oxygen atoms in total. The summed E-state index contributed by atoms with van der Waals surface area (Å²) < 4.78 is 24.9. The highest BCUT2D eigenvalue weighted by Crippen LogP contribution is 2.35. The van der Waals surface area contributed by atoms with Gasteiger partial charge in [-0.15, -0.1) is 0 Å². The van der Waals surface area contributed by atoms with Gasteiger partial charge in [0.25, 0.3) is 0 Å². The quantitative estimate of drug-likeness (QED) is 0.207. The zero-order valence-corrected chi connectivity index (χ0v) is 24.8. The van der Waals surface area contributed by atoms with Crippen molar-refractivity contribution in [1.82, 2.24) is 29.7 Å². The molecule has 42 heavy (non-hydrogen) atoms. The van der Waals surface area contributed by atoms with Gasteiger partial charge >= 0.3 is 0 Å². The third-order valence-corrected chi connectivity index (χ3v) is 9.15. The van der Waals surface area contributed by atoms with E-state index in [1.165, 1.54) is 12.1 Å². The molecular weight excluding hydrogens is 562 g/mol. The van der Waals surface area contributed by atoms with E-state index in [1.807, 2.05) is 0 Å². The Bertz CT molecular complexity index is 1530. The number of fused-ring (bicyclic) bond motifs is 1. The van der Waals surface area contributed by atoms with Gasteiger partial charge in [0, 0.05) is 32.1 Å². The Labute approximate surface area is 245 Å². The monoisotopic (exact) mass is 601 g/mol. The third kappa shape index (κ3) is 6.20. The number of nitrogens with two attached hydrogens (primary N) is 1. The summed E-state index contributed by atoms with van der Waals surface area (Å²) in [5, 5.41) is 33.0. The van der Waals surface area contributed by atoms with E-state index >= 15 is 0 Å². The SMILES string of the molecule is CCC(=O)N[C@H]1C[C@@H](n2cnc3c(NCCc4ccc(S(N)(=O)=O)cc4)nc(N4CC[C@@H](N(C)C)C4)nc32)[C@H](O)[C@@H]1O. The van der Waals surface area contributed by atoms with Crippen molar-refractivity contribution in [2.75, 3.05) is 43.9 Å². The highest BCUT2D eigenvalue weighted by Gasteiger charge is 2.44. The molecule has 1 aliphatic heterocycles. The van der Waals surface area contributed by atoms with Crippen molar-refractivity contribution in [3.05, 3.63) is 36.2 Å². The zero-order valence-electron chi connectivity index (χ0n) is 24.0. The predicted octanol–water partition coefficient (Wildman–Crippen LogP) is -0.170. The van der Waals surface area contributed by atoms with E-state index in [0.29, 0.717) is 48.4 Å². The van der Waals surface area contributed by atoms with E-state index in [2.05, 4.69) is 39.5 Å². The van der Waals surface area contributed by atoms with Crippen molar-refractivity contribution in [2.24, 2.45) is 5.14 Å². The first-order valence-electron chi connectivity index (χ1n) is 14.1. The van der Waals surface area contributed by atoms with Crippen LogP contribution in [0.2, 0.25) is 0 Å². The number of primary sulfonamides is 1. The number of carbonyl (C=O) groups excluding carboxylic acids is 1. The van der Waals surface area contributed by atoms with Crippen LogP contribution in [0.1, 0.15) is 37.8 Å². The topological polar surface area (TPSA) is 192 Å². The summed E-state index contributed by atoms with van der Waals surface area (Å²) in [4.78, 5) is 30.7. The predicted molar refractivity (Wildman–Crippen MR) is 158 cm³/mol. The Hall–Kier alpha value is -3.37. The second-order valence-electron chi connectivity index (χ2n) is 11.2. The molecular formula is C27H39N9O5S. The average Bonchev–Trinajstić information content (AvgIpc) is 3.68. The van der Waals surface area contributed by atoms with E-state index < -0.39 is 34.3 Å². The van der Waals surface area contributed by atoms with Crippen LogP contribution in [0.15, 0.2) is 35.5 Å². The number of carbonyl (C=O) groups is 1. The second kappa shape index (κ2) is 12.1. The van der Waals surface area contributed by atoms with E-state index in [1.54, 1.807) is 30.0 Å². The van der Waals surface area contributed by atoms with E-state index in [9.17, 15) is 23.4 Å².